The summed E-state index contributed by atoms with van der Waals surface area (Å²) in [5, 5.41) is 3.94. The van der Waals surface area contributed by atoms with Crippen molar-refractivity contribution < 1.29 is 4.79 Å². The van der Waals surface area contributed by atoms with Gasteiger partial charge in [0.1, 0.15) is 11.3 Å². The van der Waals surface area contributed by atoms with Crippen LogP contribution in [0.25, 0.3) is 22.6 Å². The van der Waals surface area contributed by atoms with Gasteiger partial charge >= 0.3 is 0 Å². The summed E-state index contributed by atoms with van der Waals surface area (Å²) in [5.74, 6) is 0.572. The molecule has 2 aliphatic carbocycles. The zero-order valence-corrected chi connectivity index (χ0v) is 15.0. The van der Waals surface area contributed by atoms with E-state index in [-0.39, 0.29) is 29.7 Å². The van der Waals surface area contributed by atoms with Gasteiger partial charge in [-0.2, -0.15) is 0 Å². The number of primary amides is 1. The summed E-state index contributed by atoms with van der Waals surface area (Å²) in [6.45, 7) is 0. The van der Waals surface area contributed by atoms with Gasteiger partial charge in [-0.05, 0) is 30.4 Å². The molecule has 0 aliphatic heterocycles. The van der Waals surface area contributed by atoms with Crippen molar-refractivity contribution in [2.24, 2.45) is 23.5 Å². The maximum atomic E-state index is 12.0. The number of aromatic nitrogens is 4. The molecule has 2 bridgehead atoms. The molecule has 7 nitrogen and oxygen atoms in total. The molecule has 0 aromatic carbocycles. The van der Waals surface area contributed by atoms with E-state index in [2.05, 4.69) is 37.4 Å². The van der Waals surface area contributed by atoms with Crippen molar-refractivity contribution in [3.63, 3.8) is 0 Å². The van der Waals surface area contributed by atoms with Crippen LogP contribution in [0.15, 0.2) is 42.9 Å². The van der Waals surface area contributed by atoms with Gasteiger partial charge < -0.3 is 16.0 Å². The predicted molar refractivity (Wildman–Crippen MR) is 103 cm³/mol. The van der Waals surface area contributed by atoms with E-state index >= 15 is 0 Å². The number of hydrogen-bond acceptors (Lipinski definition) is 5. The van der Waals surface area contributed by atoms with E-state index in [1.54, 1.807) is 18.6 Å². The lowest BCUT2D eigenvalue weighted by atomic mass is 9.88. The summed E-state index contributed by atoms with van der Waals surface area (Å²) in [6.07, 6.45) is 10.2. The van der Waals surface area contributed by atoms with E-state index in [0.717, 1.165) is 12.0 Å². The minimum atomic E-state index is -0.286. The van der Waals surface area contributed by atoms with Gasteiger partial charge in [-0.25, -0.2) is 9.97 Å². The summed E-state index contributed by atoms with van der Waals surface area (Å²) in [5.41, 5.74) is 8.48. The van der Waals surface area contributed by atoms with Crippen molar-refractivity contribution in [3.05, 3.63) is 47.9 Å². The number of H-pyrrole nitrogens is 1. The van der Waals surface area contributed by atoms with E-state index in [4.69, 9.17) is 17.3 Å². The molecule has 4 N–H and O–H groups in total. The number of fused-ring (bicyclic) bond motifs is 3. The normalized spacial score (nSPS) is 26.0. The van der Waals surface area contributed by atoms with Crippen LogP contribution in [-0.2, 0) is 4.79 Å². The molecule has 2 aliphatic rings. The summed E-state index contributed by atoms with van der Waals surface area (Å²) in [7, 11) is 0. The zero-order chi connectivity index (χ0) is 18.5. The van der Waals surface area contributed by atoms with Crippen molar-refractivity contribution in [1.29, 1.82) is 0 Å². The van der Waals surface area contributed by atoms with Crippen molar-refractivity contribution >= 4 is 34.4 Å². The van der Waals surface area contributed by atoms with Crippen LogP contribution in [0.3, 0.4) is 0 Å². The molecule has 0 spiro atoms. The lowest BCUT2D eigenvalue weighted by molar-refractivity contribution is -0.122. The van der Waals surface area contributed by atoms with Crippen molar-refractivity contribution in [2.75, 3.05) is 5.32 Å². The van der Waals surface area contributed by atoms with Crippen LogP contribution in [0.2, 0.25) is 5.02 Å². The van der Waals surface area contributed by atoms with E-state index in [9.17, 15) is 4.79 Å². The fourth-order valence-corrected chi connectivity index (χ4v) is 4.49. The minimum Gasteiger partial charge on any atom is -0.378 e. The largest absolute Gasteiger partial charge is 0.378 e. The summed E-state index contributed by atoms with van der Waals surface area (Å²) in [6, 6.07) is 3.68. The first-order chi connectivity index (χ1) is 13.1. The Morgan fingerprint density at radius 1 is 1.30 bits per heavy atom. The average Bonchev–Trinajstić information content (AvgIpc) is 3.38. The third-order valence-electron chi connectivity index (χ3n) is 5.51. The van der Waals surface area contributed by atoms with Crippen LogP contribution in [-0.4, -0.2) is 31.9 Å². The number of carbonyl (C=O) groups is 1. The molecule has 4 atom stereocenters. The topological polar surface area (TPSA) is 110 Å². The van der Waals surface area contributed by atoms with Gasteiger partial charge in [0.15, 0.2) is 5.65 Å². The fraction of sp³-hybridized carbons (Fsp3) is 0.263. The number of imidazole rings is 1. The first-order valence-corrected chi connectivity index (χ1v) is 9.18. The van der Waals surface area contributed by atoms with E-state index < -0.39 is 0 Å². The van der Waals surface area contributed by atoms with Crippen molar-refractivity contribution in [2.45, 2.75) is 12.5 Å². The number of rotatable bonds is 4. The molecule has 136 valence electrons. The van der Waals surface area contributed by atoms with Crippen LogP contribution < -0.4 is 11.1 Å². The molecule has 1 saturated carbocycles. The van der Waals surface area contributed by atoms with Crippen LogP contribution in [0.4, 0.5) is 5.69 Å². The third-order valence-corrected chi connectivity index (χ3v) is 5.79. The van der Waals surface area contributed by atoms with Crippen molar-refractivity contribution in [3.8, 4) is 11.4 Å². The Morgan fingerprint density at radius 3 is 2.93 bits per heavy atom. The number of amides is 1. The average molecular weight is 381 g/mol. The quantitative estimate of drug-likeness (QED) is 0.603. The number of nitrogens with one attached hydrogen (secondary N) is 2. The standard InChI is InChI=1S/C19H17ClN6O/c20-12-8-23-19-16(25-18(26-19)11-2-1-5-22-7-11)15(12)24-14-10-4-3-9(6-10)13(14)17(21)27/h1-5,7-10,13-14H,6H2,(H2,21,27)(H2,23,24,25,26). The number of hydrogen-bond donors (Lipinski definition) is 3. The van der Waals surface area contributed by atoms with Crippen LogP contribution in [0.1, 0.15) is 6.42 Å². The number of allylic oxidation sites excluding steroid dienone is 1. The second kappa shape index (κ2) is 6.06. The smallest absolute Gasteiger partial charge is 0.223 e. The molecule has 5 rings (SSSR count). The first kappa shape index (κ1) is 16.3. The lowest BCUT2D eigenvalue weighted by Gasteiger charge is -2.28. The molecule has 4 unspecified atom stereocenters. The van der Waals surface area contributed by atoms with Gasteiger partial charge in [-0.3, -0.25) is 9.78 Å². The molecule has 0 saturated heterocycles. The molecule has 1 amide bonds. The van der Waals surface area contributed by atoms with Crippen LogP contribution in [0, 0.1) is 17.8 Å². The molecule has 3 aromatic rings. The van der Waals surface area contributed by atoms with Gasteiger partial charge in [-0.1, -0.05) is 23.8 Å². The molecule has 0 radical (unpaired) electrons. The Kier molecular flexibility index (Phi) is 3.65. The summed E-state index contributed by atoms with van der Waals surface area (Å²) >= 11 is 6.45. The number of anilines is 1. The maximum Gasteiger partial charge on any atom is 0.223 e. The SMILES string of the molecule is NC(=O)C1C2C=CC(C2)C1Nc1c(Cl)cnc2nc(-c3cccnc3)[nH]c12. The molecule has 3 heterocycles. The van der Waals surface area contributed by atoms with Gasteiger partial charge in [0.2, 0.25) is 5.91 Å². The Balaban J connectivity index is 1.57. The molecular weight excluding hydrogens is 364 g/mol. The monoisotopic (exact) mass is 380 g/mol. The summed E-state index contributed by atoms with van der Waals surface area (Å²) < 4.78 is 0. The highest BCUT2D eigenvalue weighted by molar-refractivity contribution is 6.34. The first-order valence-electron chi connectivity index (χ1n) is 8.80. The summed E-state index contributed by atoms with van der Waals surface area (Å²) in [4.78, 5) is 28.3. The number of halogens is 1. The third kappa shape index (κ3) is 2.57. The van der Waals surface area contributed by atoms with E-state index in [0.29, 0.717) is 27.7 Å². The number of nitrogens with two attached hydrogens (primary N) is 1. The molecule has 3 aromatic heterocycles. The van der Waals surface area contributed by atoms with Crippen LogP contribution in [0.5, 0.6) is 0 Å². The van der Waals surface area contributed by atoms with E-state index in [1.165, 1.54) is 0 Å². The number of nitrogens with zero attached hydrogens (tertiary/aromatic N) is 3. The molecule has 1 fully saturated rings. The fourth-order valence-electron chi connectivity index (χ4n) is 4.29. The Labute approximate surface area is 160 Å². The number of aromatic amines is 1. The molecule has 8 heteroatoms. The highest BCUT2D eigenvalue weighted by Gasteiger charge is 2.47. The Morgan fingerprint density at radius 2 is 2.15 bits per heavy atom. The maximum absolute atomic E-state index is 12.0. The number of carbonyl (C=O) groups excluding carboxylic acids is 1. The van der Waals surface area contributed by atoms with Gasteiger partial charge in [0, 0.05) is 24.0 Å². The predicted octanol–water partition coefficient (Wildman–Crippen LogP) is 2.76. The van der Waals surface area contributed by atoms with Gasteiger partial charge in [0.05, 0.1) is 22.8 Å². The lowest BCUT2D eigenvalue weighted by Crippen LogP contribution is -2.41. The Bertz CT molecular complexity index is 1060. The van der Waals surface area contributed by atoms with Crippen LogP contribution >= 0.6 is 11.6 Å². The van der Waals surface area contributed by atoms with Gasteiger partial charge in [0.25, 0.3) is 0 Å². The van der Waals surface area contributed by atoms with E-state index in [1.807, 2.05) is 12.1 Å². The number of pyridine rings is 2. The Hall–Kier alpha value is -2.93. The van der Waals surface area contributed by atoms with Crippen molar-refractivity contribution in [1.82, 2.24) is 19.9 Å². The highest BCUT2D eigenvalue weighted by atomic mass is 35.5. The second-order valence-corrected chi connectivity index (χ2v) is 7.46. The second-order valence-electron chi connectivity index (χ2n) is 7.05. The zero-order valence-electron chi connectivity index (χ0n) is 14.3. The minimum absolute atomic E-state index is 0.0919. The highest BCUT2D eigenvalue weighted by Crippen LogP contribution is 2.46. The van der Waals surface area contributed by atoms with Gasteiger partial charge in [-0.15, -0.1) is 0 Å². The molecular formula is C19H17ClN6O. The molecule has 27 heavy (non-hydrogen) atoms.